The van der Waals surface area contributed by atoms with E-state index in [-0.39, 0.29) is 0 Å². The normalized spacial score (nSPS) is 47.3. The number of hydrogen-bond acceptors (Lipinski definition) is 0. The van der Waals surface area contributed by atoms with Gasteiger partial charge in [-0.15, -0.1) is 0 Å². The van der Waals surface area contributed by atoms with E-state index >= 15 is 0 Å². The lowest BCUT2D eigenvalue weighted by Crippen LogP contribution is -2.35. The maximum absolute atomic E-state index is 2.58. The molecule has 0 spiro atoms. The summed E-state index contributed by atoms with van der Waals surface area (Å²) in [6.07, 6.45) is 16.0. The molecule has 0 saturated heterocycles. The van der Waals surface area contributed by atoms with E-state index < -0.39 is 0 Å². The molecule has 0 bridgehead atoms. The van der Waals surface area contributed by atoms with Gasteiger partial charge in [0.2, 0.25) is 0 Å². The fourth-order valence-electron chi connectivity index (χ4n) is 4.05. The lowest BCUT2D eigenvalue weighted by atomic mass is 9.59. The minimum absolute atomic E-state index is 0.509. The Hall–Kier alpha value is -0.520. The van der Waals surface area contributed by atoms with Gasteiger partial charge in [-0.2, -0.15) is 0 Å². The van der Waals surface area contributed by atoms with Gasteiger partial charge in [0, 0.05) is 5.41 Å². The lowest BCUT2D eigenvalue weighted by molar-refractivity contribution is 0.102. The zero-order valence-electron chi connectivity index (χ0n) is 8.47. The lowest BCUT2D eigenvalue weighted by Gasteiger charge is -2.44. The van der Waals surface area contributed by atoms with Gasteiger partial charge in [0.25, 0.3) is 0 Å². The van der Waals surface area contributed by atoms with E-state index in [1.54, 1.807) is 5.57 Å². The largest absolute Gasteiger partial charge is 0.0870 e. The van der Waals surface area contributed by atoms with Crippen LogP contribution in [-0.4, -0.2) is 0 Å². The first kappa shape index (κ1) is 7.84. The molecule has 0 unspecified atom stereocenters. The molecule has 0 aliphatic heterocycles. The van der Waals surface area contributed by atoms with Crippen LogP contribution in [0.5, 0.6) is 0 Å². The molecule has 2 atom stereocenters. The van der Waals surface area contributed by atoms with Crippen molar-refractivity contribution in [1.82, 2.24) is 0 Å². The molecule has 0 heterocycles. The Morgan fingerprint density at radius 1 is 1.23 bits per heavy atom. The molecule has 1 saturated carbocycles. The van der Waals surface area contributed by atoms with Gasteiger partial charge in [-0.3, -0.25) is 0 Å². The highest BCUT2D eigenvalue weighted by Gasteiger charge is 2.54. The molecule has 3 aliphatic rings. The number of allylic oxidation sites excluding steroid dienone is 4. The molecule has 1 fully saturated rings. The average Bonchev–Trinajstić information content (AvgIpc) is 2.54. The summed E-state index contributed by atoms with van der Waals surface area (Å²) in [5, 5.41) is 0. The summed E-state index contributed by atoms with van der Waals surface area (Å²) >= 11 is 0. The van der Waals surface area contributed by atoms with Crippen LogP contribution in [0.4, 0.5) is 0 Å². The van der Waals surface area contributed by atoms with Gasteiger partial charge in [-0.05, 0) is 38.0 Å². The van der Waals surface area contributed by atoms with Gasteiger partial charge in [0.05, 0.1) is 0 Å². The van der Waals surface area contributed by atoms with Gasteiger partial charge >= 0.3 is 0 Å². The van der Waals surface area contributed by atoms with E-state index in [1.807, 2.05) is 0 Å². The molecular formula is C13H18. The van der Waals surface area contributed by atoms with Crippen LogP contribution in [0.3, 0.4) is 0 Å². The number of hydrogen-bond donors (Lipinski definition) is 0. The van der Waals surface area contributed by atoms with Gasteiger partial charge in [-0.1, -0.05) is 36.6 Å². The molecule has 3 rings (SSSR count). The molecule has 0 amide bonds. The fourth-order valence-corrected chi connectivity index (χ4v) is 4.05. The van der Waals surface area contributed by atoms with Crippen LogP contribution in [0, 0.1) is 10.8 Å². The fraction of sp³-hybridized carbons (Fsp3) is 0.692. The number of rotatable bonds is 0. The summed E-state index contributed by atoms with van der Waals surface area (Å²) in [7, 11) is 0. The molecule has 0 heteroatoms. The van der Waals surface area contributed by atoms with Crippen molar-refractivity contribution in [1.29, 1.82) is 0 Å². The SMILES string of the molecule is CC1=C[C@]23C=CC[C@@]2(CCCC3)C1. The molecule has 0 radical (unpaired) electrons. The standard InChI is InChI=1S/C13H18/c1-11-9-12-5-2-3-6-13(12,10-11)8-4-7-12/h4,7,9H,2-3,5-6,8,10H2,1H3/t12-,13-/m0/s1. The van der Waals surface area contributed by atoms with Crippen molar-refractivity contribution in [3.63, 3.8) is 0 Å². The third-order valence-corrected chi connectivity index (χ3v) is 4.53. The third-order valence-electron chi connectivity index (χ3n) is 4.53. The van der Waals surface area contributed by atoms with Crippen LogP contribution in [-0.2, 0) is 0 Å². The van der Waals surface area contributed by atoms with Crippen molar-refractivity contribution >= 4 is 0 Å². The monoisotopic (exact) mass is 174 g/mol. The van der Waals surface area contributed by atoms with Crippen molar-refractivity contribution in [3.8, 4) is 0 Å². The van der Waals surface area contributed by atoms with E-state index in [4.69, 9.17) is 0 Å². The summed E-state index contributed by atoms with van der Waals surface area (Å²) in [6, 6.07) is 0. The molecule has 13 heavy (non-hydrogen) atoms. The van der Waals surface area contributed by atoms with Crippen LogP contribution >= 0.6 is 0 Å². The van der Waals surface area contributed by atoms with Crippen molar-refractivity contribution in [2.75, 3.05) is 0 Å². The van der Waals surface area contributed by atoms with E-state index in [2.05, 4.69) is 25.2 Å². The van der Waals surface area contributed by atoms with E-state index in [1.165, 1.54) is 38.5 Å². The van der Waals surface area contributed by atoms with Crippen molar-refractivity contribution < 1.29 is 0 Å². The Labute approximate surface area is 80.7 Å². The van der Waals surface area contributed by atoms with Crippen LogP contribution in [0.2, 0.25) is 0 Å². The predicted octanol–water partition coefficient (Wildman–Crippen LogP) is 3.84. The molecule has 0 N–H and O–H groups in total. The summed E-state index contributed by atoms with van der Waals surface area (Å²) in [5.74, 6) is 0. The van der Waals surface area contributed by atoms with Gasteiger partial charge < -0.3 is 0 Å². The van der Waals surface area contributed by atoms with Crippen LogP contribution < -0.4 is 0 Å². The van der Waals surface area contributed by atoms with Gasteiger partial charge in [0.1, 0.15) is 0 Å². The first-order valence-corrected chi connectivity index (χ1v) is 5.63. The average molecular weight is 174 g/mol. The van der Waals surface area contributed by atoms with Gasteiger partial charge in [-0.25, -0.2) is 0 Å². The summed E-state index contributed by atoms with van der Waals surface area (Å²) in [4.78, 5) is 0. The highest BCUT2D eigenvalue weighted by Crippen LogP contribution is 2.64. The zero-order chi connectivity index (χ0) is 8.94. The Balaban J connectivity index is 2.09. The molecular weight excluding hydrogens is 156 g/mol. The predicted molar refractivity (Wildman–Crippen MR) is 55.5 cm³/mol. The van der Waals surface area contributed by atoms with Crippen molar-refractivity contribution in [3.05, 3.63) is 23.8 Å². The molecule has 0 nitrogen and oxygen atoms in total. The third kappa shape index (κ3) is 0.820. The Morgan fingerprint density at radius 2 is 2.08 bits per heavy atom. The quantitative estimate of drug-likeness (QED) is 0.489. The topological polar surface area (TPSA) is 0 Å². The molecule has 0 aromatic rings. The summed E-state index contributed by atoms with van der Waals surface area (Å²) in [6.45, 7) is 2.32. The second-order valence-electron chi connectivity index (χ2n) is 5.30. The van der Waals surface area contributed by atoms with Gasteiger partial charge in [0.15, 0.2) is 0 Å². The van der Waals surface area contributed by atoms with Crippen LogP contribution in [0.15, 0.2) is 23.8 Å². The summed E-state index contributed by atoms with van der Waals surface area (Å²) < 4.78 is 0. The second kappa shape index (κ2) is 2.29. The minimum atomic E-state index is 0.509. The van der Waals surface area contributed by atoms with E-state index in [0.717, 1.165) is 0 Å². The maximum Gasteiger partial charge on any atom is 0.0126 e. The van der Waals surface area contributed by atoms with Crippen molar-refractivity contribution in [2.24, 2.45) is 10.8 Å². The van der Waals surface area contributed by atoms with E-state index in [9.17, 15) is 0 Å². The Morgan fingerprint density at radius 3 is 2.92 bits per heavy atom. The maximum atomic E-state index is 2.58. The smallest absolute Gasteiger partial charge is 0.0126 e. The molecule has 70 valence electrons. The van der Waals surface area contributed by atoms with E-state index in [0.29, 0.717) is 10.8 Å². The Bertz CT molecular complexity index is 297. The molecule has 0 aromatic heterocycles. The zero-order valence-corrected chi connectivity index (χ0v) is 8.47. The first-order valence-electron chi connectivity index (χ1n) is 5.63. The molecule has 3 aliphatic carbocycles. The van der Waals surface area contributed by atoms with Crippen molar-refractivity contribution in [2.45, 2.75) is 45.4 Å². The van der Waals surface area contributed by atoms with Crippen LogP contribution in [0.25, 0.3) is 0 Å². The minimum Gasteiger partial charge on any atom is -0.0870 e. The summed E-state index contributed by atoms with van der Waals surface area (Å²) in [5.41, 5.74) is 2.80. The molecule has 0 aromatic carbocycles. The highest BCUT2D eigenvalue weighted by molar-refractivity contribution is 5.35. The van der Waals surface area contributed by atoms with Crippen LogP contribution in [0.1, 0.15) is 45.4 Å². The first-order chi connectivity index (χ1) is 6.27. The highest BCUT2D eigenvalue weighted by atomic mass is 14.6. The second-order valence-corrected chi connectivity index (χ2v) is 5.30. The Kier molecular flexibility index (Phi) is 1.38.